The zero-order valence-electron chi connectivity index (χ0n) is 9.93. The maximum absolute atomic E-state index is 11.5. The van der Waals surface area contributed by atoms with Gasteiger partial charge in [-0.25, -0.2) is 4.79 Å². The summed E-state index contributed by atoms with van der Waals surface area (Å²) in [4.78, 5) is 15.7. The molecule has 0 aliphatic rings. The lowest BCUT2D eigenvalue weighted by molar-refractivity contribution is 0.0526. The third-order valence-electron chi connectivity index (χ3n) is 2.42. The van der Waals surface area contributed by atoms with Crippen molar-refractivity contribution >= 4 is 29.5 Å². The first-order valence-electron chi connectivity index (χ1n) is 5.62. The average Bonchev–Trinajstić information content (AvgIpc) is 2.76. The van der Waals surface area contributed by atoms with E-state index in [0.717, 1.165) is 15.9 Å². The standard InChI is InChI=1S/C13H13NO2S2/c1-2-16-12(15)10-5-3-9(4-6-10)7-11-8-14-13(17)18-11/h3-6,8H,2,7H2,1H3,(H,14,17). The molecule has 3 nitrogen and oxygen atoms in total. The van der Waals surface area contributed by atoms with Gasteiger partial charge in [-0.05, 0) is 36.8 Å². The first-order chi connectivity index (χ1) is 8.69. The van der Waals surface area contributed by atoms with Gasteiger partial charge in [-0.1, -0.05) is 12.1 Å². The summed E-state index contributed by atoms with van der Waals surface area (Å²) in [7, 11) is 0. The van der Waals surface area contributed by atoms with Gasteiger partial charge in [0, 0.05) is 17.5 Å². The van der Waals surface area contributed by atoms with E-state index in [9.17, 15) is 4.79 Å². The summed E-state index contributed by atoms with van der Waals surface area (Å²) < 4.78 is 5.72. The van der Waals surface area contributed by atoms with Gasteiger partial charge >= 0.3 is 5.97 Å². The Morgan fingerprint density at radius 2 is 2.11 bits per heavy atom. The number of esters is 1. The minimum absolute atomic E-state index is 0.277. The first-order valence-corrected chi connectivity index (χ1v) is 6.85. The maximum Gasteiger partial charge on any atom is 0.338 e. The Morgan fingerprint density at radius 3 is 2.67 bits per heavy atom. The number of rotatable bonds is 4. The van der Waals surface area contributed by atoms with Gasteiger partial charge in [0.25, 0.3) is 0 Å². The number of aromatic nitrogens is 1. The van der Waals surface area contributed by atoms with Crippen LogP contribution in [0.4, 0.5) is 0 Å². The van der Waals surface area contributed by atoms with Crippen LogP contribution in [0.15, 0.2) is 30.5 Å². The Morgan fingerprint density at radius 1 is 1.39 bits per heavy atom. The zero-order valence-corrected chi connectivity index (χ0v) is 11.6. The molecule has 1 aromatic heterocycles. The molecular weight excluding hydrogens is 266 g/mol. The second-order valence-electron chi connectivity index (χ2n) is 3.74. The number of benzene rings is 1. The number of hydrogen-bond donors (Lipinski definition) is 1. The normalized spacial score (nSPS) is 10.3. The molecular formula is C13H13NO2S2. The summed E-state index contributed by atoms with van der Waals surface area (Å²) >= 11 is 6.60. The van der Waals surface area contributed by atoms with Gasteiger partial charge in [0.1, 0.15) is 0 Å². The molecule has 1 N–H and O–H groups in total. The molecule has 18 heavy (non-hydrogen) atoms. The number of carbonyl (C=O) groups is 1. The van der Waals surface area contributed by atoms with Crippen molar-refractivity contribution in [3.05, 3.63) is 50.4 Å². The van der Waals surface area contributed by atoms with Crippen molar-refractivity contribution in [3.63, 3.8) is 0 Å². The molecule has 2 rings (SSSR count). The second kappa shape index (κ2) is 5.93. The average molecular weight is 279 g/mol. The van der Waals surface area contributed by atoms with Gasteiger partial charge in [0.15, 0.2) is 3.95 Å². The SMILES string of the molecule is CCOC(=O)c1ccc(Cc2c[nH]c(=S)s2)cc1. The van der Waals surface area contributed by atoms with Crippen LogP contribution in [-0.2, 0) is 11.2 Å². The van der Waals surface area contributed by atoms with E-state index in [1.807, 2.05) is 18.3 Å². The Bertz CT molecular complexity index is 584. The van der Waals surface area contributed by atoms with E-state index in [1.54, 1.807) is 30.4 Å². The van der Waals surface area contributed by atoms with E-state index in [0.29, 0.717) is 12.2 Å². The summed E-state index contributed by atoms with van der Waals surface area (Å²) in [6.07, 6.45) is 2.74. The third kappa shape index (κ3) is 3.27. The smallest absolute Gasteiger partial charge is 0.338 e. The fourth-order valence-corrected chi connectivity index (χ4v) is 2.67. The summed E-state index contributed by atoms with van der Waals surface area (Å²) in [6.45, 7) is 2.19. The Hall–Kier alpha value is -1.46. The number of aromatic amines is 1. The molecule has 0 aliphatic carbocycles. The predicted octanol–water partition coefficient (Wildman–Crippen LogP) is 3.57. The van der Waals surface area contributed by atoms with Gasteiger partial charge in [0.05, 0.1) is 12.2 Å². The van der Waals surface area contributed by atoms with Crippen molar-refractivity contribution < 1.29 is 9.53 Å². The highest BCUT2D eigenvalue weighted by atomic mass is 32.1. The number of carbonyl (C=O) groups excluding carboxylic acids is 1. The van der Waals surface area contributed by atoms with Gasteiger partial charge in [-0.2, -0.15) is 0 Å². The molecule has 0 unspecified atom stereocenters. The summed E-state index contributed by atoms with van der Waals surface area (Å²) in [5.74, 6) is -0.277. The highest BCUT2D eigenvalue weighted by Gasteiger charge is 2.06. The summed E-state index contributed by atoms with van der Waals surface area (Å²) in [5.41, 5.74) is 1.73. The van der Waals surface area contributed by atoms with E-state index < -0.39 is 0 Å². The number of hydrogen-bond acceptors (Lipinski definition) is 4. The van der Waals surface area contributed by atoms with Crippen molar-refractivity contribution in [2.24, 2.45) is 0 Å². The van der Waals surface area contributed by atoms with Crippen LogP contribution in [0.3, 0.4) is 0 Å². The summed E-state index contributed by atoms with van der Waals surface area (Å²) in [6, 6.07) is 7.46. The molecule has 5 heteroatoms. The van der Waals surface area contributed by atoms with Crippen molar-refractivity contribution in [3.8, 4) is 0 Å². The third-order valence-corrected chi connectivity index (χ3v) is 3.61. The predicted molar refractivity (Wildman–Crippen MR) is 74.7 cm³/mol. The van der Waals surface area contributed by atoms with Crippen molar-refractivity contribution in [1.29, 1.82) is 0 Å². The molecule has 0 saturated heterocycles. The highest BCUT2D eigenvalue weighted by Crippen LogP contribution is 2.15. The molecule has 0 spiro atoms. The molecule has 0 amide bonds. The van der Waals surface area contributed by atoms with Gasteiger partial charge in [-0.3, -0.25) is 0 Å². The molecule has 94 valence electrons. The molecule has 0 aliphatic heterocycles. The van der Waals surface area contributed by atoms with Gasteiger partial charge in [-0.15, -0.1) is 11.3 Å². The van der Waals surface area contributed by atoms with E-state index in [-0.39, 0.29) is 5.97 Å². The summed E-state index contributed by atoms with van der Waals surface area (Å²) in [5, 5.41) is 0. The minimum atomic E-state index is -0.277. The lowest BCUT2D eigenvalue weighted by Crippen LogP contribution is -2.04. The lowest BCUT2D eigenvalue weighted by Gasteiger charge is -2.03. The first kappa shape index (κ1) is 13.0. The fourth-order valence-electron chi connectivity index (χ4n) is 1.58. The van der Waals surface area contributed by atoms with E-state index in [4.69, 9.17) is 17.0 Å². The van der Waals surface area contributed by atoms with Crippen molar-refractivity contribution in [1.82, 2.24) is 4.98 Å². The minimum Gasteiger partial charge on any atom is -0.462 e. The Labute approximate surface area is 114 Å². The maximum atomic E-state index is 11.5. The van der Waals surface area contributed by atoms with E-state index in [1.165, 1.54) is 4.88 Å². The molecule has 0 fully saturated rings. The molecule has 0 radical (unpaired) electrons. The van der Waals surface area contributed by atoms with Crippen LogP contribution >= 0.6 is 23.6 Å². The van der Waals surface area contributed by atoms with E-state index in [2.05, 4.69) is 4.98 Å². The number of ether oxygens (including phenoxy) is 1. The molecule has 1 aromatic carbocycles. The van der Waals surface area contributed by atoms with Gasteiger partial charge in [0.2, 0.25) is 0 Å². The highest BCUT2D eigenvalue weighted by molar-refractivity contribution is 7.73. The number of thiazole rings is 1. The quantitative estimate of drug-likeness (QED) is 0.687. The molecule has 1 heterocycles. The van der Waals surface area contributed by atoms with Crippen LogP contribution in [0.1, 0.15) is 27.7 Å². The lowest BCUT2D eigenvalue weighted by atomic mass is 10.1. The molecule has 0 saturated carbocycles. The fraction of sp³-hybridized carbons (Fsp3) is 0.231. The molecule has 0 bridgehead atoms. The number of nitrogens with one attached hydrogen (secondary N) is 1. The van der Waals surface area contributed by atoms with Crippen LogP contribution < -0.4 is 0 Å². The number of H-pyrrole nitrogens is 1. The Balaban J connectivity index is 2.08. The van der Waals surface area contributed by atoms with Crippen LogP contribution in [0.25, 0.3) is 0 Å². The Kier molecular flexibility index (Phi) is 4.28. The van der Waals surface area contributed by atoms with Crippen LogP contribution in [0.2, 0.25) is 0 Å². The largest absolute Gasteiger partial charge is 0.462 e. The van der Waals surface area contributed by atoms with Crippen molar-refractivity contribution in [2.75, 3.05) is 6.61 Å². The van der Waals surface area contributed by atoms with Crippen molar-refractivity contribution in [2.45, 2.75) is 13.3 Å². The molecule has 0 atom stereocenters. The van der Waals surface area contributed by atoms with Crippen LogP contribution in [-0.4, -0.2) is 17.6 Å². The topological polar surface area (TPSA) is 42.1 Å². The monoisotopic (exact) mass is 279 g/mol. The molecule has 2 aromatic rings. The van der Waals surface area contributed by atoms with Crippen LogP contribution in [0.5, 0.6) is 0 Å². The van der Waals surface area contributed by atoms with Gasteiger partial charge < -0.3 is 9.72 Å². The second-order valence-corrected chi connectivity index (χ2v) is 5.54. The van der Waals surface area contributed by atoms with E-state index >= 15 is 0 Å². The zero-order chi connectivity index (χ0) is 13.0. The van der Waals surface area contributed by atoms with Crippen LogP contribution in [0, 0.1) is 3.95 Å².